The summed E-state index contributed by atoms with van der Waals surface area (Å²) in [4.78, 5) is 25.9. The fraction of sp³-hybridized carbons (Fsp3) is 0.762. The number of anilines is 1. The first-order valence-corrected chi connectivity index (χ1v) is 13.6. The molecule has 1 aromatic rings. The summed E-state index contributed by atoms with van der Waals surface area (Å²) in [5.41, 5.74) is 0.117. The Morgan fingerprint density at radius 2 is 1.84 bits per heavy atom. The van der Waals surface area contributed by atoms with Gasteiger partial charge in [-0.3, -0.25) is 4.79 Å². The number of alkyl carbamates (subject to hydrolysis) is 1. The topological polar surface area (TPSA) is 121 Å². The minimum Gasteiger partial charge on any atom is -0.444 e. The van der Waals surface area contributed by atoms with Crippen LogP contribution in [0.1, 0.15) is 51.4 Å². The molecule has 1 aromatic heterocycles. The molecular formula is C21H31ClN4O5S. The van der Waals surface area contributed by atoms with Crippen LogP contribution in [-0.4, -0.2) is 61.4 Å². The Kier molecular flexibility index (Phi) is 7.29. The molecule has 0 unspecified atom stereocenters. The molecule has 178 valence electrons. The third-order valence-corrected chi connectivity index (χ3v) is 9.13. The van der Waals surface area contributed by atoms with Crippen molar-refractivity contribution in [3.63, 3.8) is 0 Å². The summed E-state index contributed by atoms with van der Waals surface area (Å²) in [5, 5.41) is 9.19. The van der Waals surface area contributed by atoms with Crippen LogP contribution in [-0.2, 0) is 14.6 Å². The van der Waals surface area contributed by atoms with Crippen molar-refractivity contribution in [2.24, 2.45) is 11.8 Å². The Labute approximate surface area is 193 Å². The van der Waals surface area contributed by atoms with E-state index in [0.717, 1.165) is 44.9 Å². The molecule has 32 heavy (non-hydrogen) atoms. The van der Waals surface area contributed by atoms with Gasteiger partial charge in [-0.1, -0.05) is 11.6 Å². The van der Waals surface area contributed by atoms with E-state index in [4.69, 9.17) is 16.3 Å². The molecule has 2 N–H and O–H groups in total. The van der Waals surface area contributed by atoms with Gasteiger partial charge in [-0.15, -0.1) is 0 Å². The molecule has 3 heterocycles. The molecule has 1 saturated carbocycles. The average Bonchev–Trinajstić information content (AvgIpc) is 3.21. The molecule has 1 aliphatic carbocycles. The number of nitrogens with one attached hydrogen (secondary N) is 2. The second kappa shape index (κ2) is 9.99. The number of aromatic nitrogens is 2. The number of rotatable bonds is 5. The van der Waals surface area contributed by atoms with Crippen molar-refractivity contribution < 1.29 is 17.9 Å². The third kappa shape index (κ3) is 5.95. The highest BCUT2D eigenvalue weighted by Crippen LogP contribution is 2.33. The van der Waals surface area contributed by atoms with Crippen molar-refractivity contribution in [2.45, 2.75) is 63.5 Å². The van der Waals surface area contributed by atoms with Gasteiger partial charge in [-0.25, -0.2) is 18.3 Å². The van der Waals surface area contributed by atoms with E-state index in [1.54, 1.807) is 0 Å². The van der Waals surface area contributed by atoms with Gasteiger partial charge in [0.05, 0.1) is 29.9 Å². The van der Waals surface area contributed by atoms with Crippen LogP contribution in [0.25, 0.3) is 0 Å². The first-order valence-electron chi connectivity index (χ1n) is 11.4. The maximum atomic E-state index is 12.4. The number of aromatic amines is 1. The summed E-state index contributed by atoms with van der Waals surface area (Å²) in [7, 11) is -2.80. The molecule has 1 amide bonds. The molecule has 2 saturated heterocycles. The fourth-order valence-electron chi connectivity index (χ4n) is 5.18. The Balaban J connectivity index is 1.17. The van der Waals surface area contributed by atoms with E-state index in [9.17, 15) is 18.0 Å². The summed E-state index contributed by atoms with van der Waals surface area (Å²) in [6, 6.07) is 0.120. The van der Waals surface area contributed by atoms with Gasteiger partial charge >= 0.3 is 6.09 Å². The monoisotopic (exact) mass is 486 g/mol. The van der Waals surface area contributed by atoms with Gasteiger partial charge in [-0.2, -0.15) is 5.10 Å². The molecule has 0 radical (unpaired) electrons. The lowest BCUT2D eigenvalue weighted by Gasteiger charge is -2.32. The number of sulfone groups is 1. The zero-order valence-corrected chi connectivity index (χ0v) is 19.7. The first-order chi connectivity index (χ1) is 15.3. The van der Waals surface area contributed by atoms with Crippen molar-refractivity contribution in [1.29, 1.82) is 0 Å². The molecule has 0 spiro atoms. The number of H-pyrrole nitrogens is 1. The van der Waals surface area contributed by atoms with Crippen LogP contribution in [0.2, 0.25) is 5.02 Å². The minimum atomic E-state index is -2.80. The predicted octanol–water partition coefficient (Wildman–Crippen LogP) is 2.50. The molecule has 3 fully saturated rings. The number of halogens is 1. The van der Waals surface area contributed by atoms with Crippen molar-refractivity contribution in [1.82, 2.24) is 15.5 Å². The zero-order chi connectivity index (χ0) is 22.7. The minimum absolute atomic E-state index is 0.0942. The maximum absolute atomic E-state index is 12.4. The van der Waals surface area contributed by atoms with Crippen LogP contribution in [0.4, 0.5) is 10.5 Å². The third-order valence-electron chi connectivity index (χ3n) is 7.05. The van der Waals surface area contributed by atoms with E-state index in [1.807, 2.05) is 4.90 Å². The SMILES string of the molecule is O=C(NC1CCC(CC2CCS(=O)(=O)CC2)CC1)O[C@@H]1CCN(c2cn[nH]c(=O)c2Cl)C1. The number of amides is 1. The number of hydrogen-bond donors (Lipinski definition) is 2. The summed E-state index contributed by atoms with van der Waals surface area (Å²) >= 11 is 6.07. The molecule has 2 aliphatic heterocycles. The van der Waals surface area contributed by atoms with Crippen LogP contribution < -0.4 is 15.8 Å². The highest BCUT2D eigenvalue weighted by molar-refractivity contribution is 7.91. The summed E-state index contributed by atoms with van der Waals surface area (Å²) in [6.07, 6.45) is 8.18. The normalized spacial score (nSPS) is 28.4. The van der Waals surface area contributed by atoms with Crippen LogP contribution in [0.5, 0.6) is 0 Å². The van der Waals surface area contributed by atoms with E-state index in [1.165, 1.54) is 6.20 Å². The quantitative estimate of drug-likeness (QED) is 0.655. The van der Waals surface area contributed by atoms with Crippen LogP contribution in [0.3, 0.4) is 0 Å². The smallest absolute Gasteiger partial charge is 0.407 e. The lowest BCUT2D eigenvalue weighted by molar-refractivity contribution is 0.101. The van der Waals surface area contributed by atoms with Gasteiger partial charge < -0.3 is 15.0 Å². The van der Waals surface area contributed by atoms with Gasteiger partial charge in [0, 0.05) is 19.0 Å². The largest absolute Gasteiger partial charge is 0.444 e. The highest BCUT2D eigenvalue weighted by atomic mass is 35.5. The van der Waals surface area contributed by atoms with Gasteiger partial charge in [0.2, 0.25) is 0 Å². The molecular weight excluding hydrogens is 456 g/mol. The van der Waals surface area contributed by atoms with E-state index >= 15 is 0 Å². The van der Waals surface area contributed by atoms with Crippen LogP contribution in [0, 0.1) is 11.8 Å². The zero-order valence-electron chi connectivity index (χ0n) is 18.1. The number of ether oxygens (including phenoxy) is 1. The van der Waals surface area contributed by atoms with Crippen molar-refractivity contribution in [3.8, 4) is 0 Å². The van der Waals surface area contributed by atoms with E-state index in [0.29, 0.717) is 48.5 Å². The average molecular weight is 487 g/mol. The Morgan fingerprint density at radius 3 is 2.56 bits per heavy atom. The van der Waals surface area contributed by atoms with Gasteiger partial charge in [0.25, 0.3) is 5.56 Å². The van der Waals surface area contributed by atoms with Crippen molar-refractivity contribution in [2.75, 3.05) is 29.5 Å². The number of carbonyl (C=O) groups excluding carboxylic acids is 1. The molecule has 4 rings (SSSR count). The fourth-order valence-corrected chi connectivity index (χ4v) is 6.98. The summed E-state index contributed by atoms with van der Waals surface area (Å²) in [6.45, 7) is 1.11. The number of nitrogens with zero attached hydrogens (tertiary/aromatic N) is 2. The van der Waals surface area contributed by atoms with Crippen LogP contribution >= 0.6 is 11.6 Å². The van der Waals surface area contributed by atoms with Crippen molar-refractivity contribution >= 4 is 33.2 Å². The molecule has 0 aromatic carbocycles. The Hall–Kier alpha value is -1.81. The molecule has 11 heteroatoms. The molecule has 0 bridgehead atoms. The molecule has 3 aliphatic rings. The van der Waals surface area contributed by atoms with E-state index < -0.39 is 21.5 Å². The second-order valence-electron chi connectivity index (χ2n) is 9.35. The number of carbonyl (C=O) groups is 1. The molecule has 1 atom stereocenters. The lowest BCUT2D eigenvalue weighted by Crippen LogP contribution is -2.40. The summed E-state index contributed by atoms with van der Waals surface area (Å²) < 4.78 is 28.8. The van der Waals surface area contributed by atoms with Crippen molar-refractivity contribution in [3.05, 3.63) is 21.6 Å². The van der Waals surface area contributed by atoms with Crippen LogP contribution in [0.15, 0.2) is 11.0 Å². The second-order valence-corrected chi connectivity index (χ2v) is 12.0. The van der Waals surface area contributed by atoms with E-state index in [2.05, 4.69) is 15.5 Å². The van der Waals surface area contributed by atoms with Gasteiger partial charge in [-0.05, 0) is 56.8 Å². The maximum Gasteiger partial charge on any atom is 0.407 e. The van der Waals surface area contributed by atoms with Gasteiger partial charge in [0.1, 0.15) is 21.0 Å². The summed E-state index contributed by atoms with van der Waals surface area (Å²) in [5.74, 6) is 1.81. The standard InChI is InChI=1S/C21H31ClN4O5S/c22-19-18(12-23-25-20(19)27)26-8-5-17(13-26)31-21(28)24-16-3-1-14(2-4-16)11-15-6-9-32(29,30)10-7-15/h12,14-17H,1-11,13H2,(H,24,28)(H,25,27)/t14?,16?,17-/m1/s1. The van der Waals surface area contributed by atoms with Gasteiger partial charge in [0.15, 0.2) is 0 Å². The molecule has 9 nitrogen and oxygen atoms in total. The Morgan fingerprint density at radius 1 is 1.16 bits per heavy atom. The Bertz CT molecular complexity index is 963. The predicted molar refractivity (Wildman–Crippen MR) is 122 cm³/mol. The lowest BCUT2D eigenvalue weighted by atomic mass is 9.79. The number of hydrogen-bond acceptors (Lipinski definition) is 7. The first kappa shape index (κ1) is 23.4. The van der Waals surface area contributed by atoms with E-state index in [-0.39, 0.29) is 17.2 Å². The highest BCUT2D eigenvalue weighted by Gasteiger charge is 2.31.